The Morgan fingerprint density at radius 2 is 1.89 bits per heavy atom. The minimum absolute atomic E-state index is 0.0633. The first kappa shape index (κ1) is 18.1. The van der Waals surface area contributed by atoms with Crippen LogP contribution in [0.2, 0.25) is 0 Å². The molecule has 0 fully saturated rings. The Balaban J connectivity index is 1.80. The lowest BCUT2D eigenvalue weighted by molar-refractivity contribution is 0.0459. The summed E-state index contributed by atoms with van der Waals surface area (Å²) in [7, 11) is 2.87. The SMILES string of the molecule is Cn1c(COC(=O)c2cccnc2Oc2cccnc2)cc(=O)n(C)c1=O. The van der Waals surface area contributed by atoms with Gasteiger partial charge in [-0.15, -0.1) is 0 Å². The zero-order valence-electron chi connectivity index (χ0n) is 14.7. The summed E-state index contributed by atoms with van der Waals surface area (Å²) >= 11 is 0. The van der Waals surface area contributed by atoms with Gasteiger partial charge in [0.2, 0.25) is 5.88 Å². The first-order valence-electron chi connectivity index (χ1n) is 7.93. The Kier molecular flexibility index (Phi) is 5.11. The van der Waals surface area contributed by atoms with Crippen LogP contribution >= 0.6 is 0 Å². The van der Waals surface area contributed by atoms with E-state index in [2.05, 4.69) is 9.97 Å². The number of ether oxygens (including phenoxy) is 2. The quantitative estimate of drug-likeness (QED) is 0.619. The molecule has 3 heterocycles. The highest BCUT2D eigenvalue weighted by Crippen LogP contribution is 2.22. The normalized spacial score (nSPS) is 10.4. The predicted octanol–water partition coefficient (Wildman–Crippen LogP) is 1.02. The van der Waals surface area contributed by atoms with E-state index in [4.69, 9.17) is 9.47 Å². The van der Waals surface area contributed by atoms with Gasteiger partial charge >= 0.3 is 11.7 Å². The molecule has 3 rings (SSSR count). The summed E-state index contributed by atoms with van der Waals surface area (Å²) in [5.74, 6) is -0.220. The fourth-order valence-electron chi connectivity index (χ4n) is 2.28. The monoisotopic (exact) mass is 368 g/mol. The van der Waals surface area contributed by atoms with Gasteiger partial charge in [0, 0.05) is 32.6 Å². The van der Waals surface area contributed by atoms with Crippen molar-refractivity contribution in [3.63, 3.8) is 0 Å². The lowest BCUT2D eigenvalue weighted by atomic mass is 10.2. The lowest BCUT2D eigenvalue weighted by Crippen LogP contribution is -2.38. The Morgan fingerprint density at radius 1 is 1.11 bits per heavy atom. The maximum atomic E-state index is 12.4. The van der Waals surface area contributed by atoms with E-state index in [0.29, 0.717) is 5.75 Å². The molecule has 0 radical (unpaired) electrons. The third kappa shape index (κ3) is 3.92. The molecule has 0 atom stereocenters. The highest BCUT2D eigenvalue weighted by Gasteiger charge is 2.17. The fourth-order valence-corrected chi connectivity index (χ4v) is 2.28. The van der Waals surface area contributed by atoms with Gasteiger partial charge in [-0.05, 0) is 24.3 Å². The molecule has 27 heavy (non-hydrogen) atoms. The molecule has 0 aromatic carbocycles. The van der Waals surface area contributed by atoms with E-state index in [-0.39, 0.29) is 23.7 Å². The van der Waals surface area contributed by atoms with Gasteiger partial charge in [0.15, 0.2) is 0 Å². The smallest absolute Gasteiger partial charge is 0.344 e. The van der Waals surface area contributed by atoms with E-state index in [1.807, 2.05) is 0 Å². The van der Waals surface area contributed by atoms with E-state index in [9.17, 15) is 14.4 Å². The predicted molar refractivity (Wildman–Crippen MR) is 94.6 cm³/mol. The summed E-state index contributed by atoms with van der Waals surface area (Å²) < 4.78 is 13.0. The highest BCUT2D eigenvalue weighted by atomic mass is 16.5. The average Bonchev–Trinajstić information content (AvgIpc) is 2.69. The topological polar surface area (TPSA) is 105 Å². The molecule has 0 unspecified atom stereocenters. The van der Waals surface area contributed by atoms with Gasteiger partial charge in [0.1, 0.15) is 17.9 Å². The van der Waals surface area contributed by atoms with Crippen LogP contribution in [0.4, 0.5) is 0 Å². The van der Waals surface area contributed by atoms with Crippen LogP contribution in [-0.2, 0) is 25.4 Å². The maximum Gasteiger partial charge on any atom is 0.344 e. The molecule has 0 bridgehead atoms. The van der Waals surface area contributed by atoms with Crippen LogP contribution in [0, 0.1) is 0 Å². The van der Waals surface area contributed by atoms with Crippen molar-refractivity contribution >= 4 is 5.97 Å². The van der Waals surface area contributed by atoms with E-state index in [1.165, 1.54) is 43.2 Å². The molecule has 0 N–H and O–H groups in total. The number of aromatic nitrogens is 4. The summed E-state index contributed by atoms with van der Waals surface area (Å²) in [6, 6.07) is 7.68. The number of hydrogen-bond donors (Lipinski definition) is 0. The van der Waals surface area contributed by atoms with Crippen LogP contribution in [0.5, 0.6) is 11.6 Å². The second-order valence-electron chi connectivity index (χ2n) is 5.60. The largest absolute Gasteiger partial charge is 0.456 e. The second-order valence-corrected chi connectivity index (χ2v) is 5.60. The molecule has 9 nitrogen and oxygen atoms in total. The minimum atomic E-state index is -0.699. The second kappa shape index (κ2) is 7.65. The van der Waals surface area contributed by atoms with E-state index in [0.717, 1.165) is 4.57 Å². The first-order chi connectivity index (χ1) is 13.0. The van der Waals surface area contributed by atoms with Crippen LogP contribution in [-0.4, -0.2) is 25.1 Å². The van der Waals surface area contributed by atoms with Crippen LogP contribution < -0.4 is 16.0 Å². The average molecular weight is 368 g/mol. The third-order valence-corrected chi connectivity index (χ3v) is 3.82. The summed E-state index contributed by atoms with van der Waals surface area (Å²) in [5.41, 5.74) is -0.605. The van der Waals surface area contributed by atoms with Crippen molar-refractivity contribution in [1.29, 1.82) is 0 Å². The number of carbonyl (C=O) groups is 1. The van der Waals surface area contributed by atoms with Crippen LogP contribution in [0.15, 0.2) is 58.5 Å². The van der Waals surface area contributed by atoms with Crippen LogP contribution in [0.3, 0.4) is 0 Å². The maximum absolute atomic E-state index is 12.4. The summed E-state index contributed by atoms with van der Waals surface area (Å²) in [4.78, 5) is 44.1. The van der Waals surface area contributed by atoms with Crippen molar-refractivity contribution in [1.82, 2.24) is 19.1 Å². The van der Waals surface area contributed by atoms with Gasteiger partial charge in [0.25, 0.3) is 5.56 Å². The van der Waals surface area contributed by atoms with E-state index in [1.54, 1.807) is 24.4 Å². The van der Waals surface area contributed by atoms with Gasteiger partial charge in [0.05, 0.1) is 11.9 Å². The molecule has 0 saturated heterocycles. The van der Waals surface area contributed by atoms with Gasteiger partial charge in [-0.2, -0.15) is 0 Å². The summed E-state index contributed by atoms with van der Waals surface area (Å²) in [6.07, 6.45) is 4.56. The fraction of sp³-hybridized carbons (Fsp3) is 0.167. The minimum Gasteiger partial charge on any atom is -0.456 e. The van der Waals surface area contributed by atoms with Gasteiger partial charge in [-0.3, -0.25) is 18.9 Å². The molecule has 0 aliphatic heterocycles. The van der Waals surface area contributed by atoms with E-state index < -0.39 is 17.2 Å². The highest BCUT2D eigenvalue weighted by molar-refractivity contribution is 5.91. The van der Waals surface area contributed by atoms with Gasteiger partial charge in [-0.25, -0.2) is 14.6 Å². The van der Waals surface area contributed by atoms with Crippen LogP contribution in [0.1, 0.15) is 16.1 Å². The summed E-state index contributed by atoms with van der Waals surface area (Å²) in [5, 5.41) is 0. The number of rotatable bonds is 5. The standard InChI is InChI=1S/C18H16N4O5/c1-21-12(9-15(23)22(2)18(21)25)11-26-17(24)14-6-4-8-20-16(14)27-13-5-3-7-19-10-13/h3-10H,11H2,1-2H3. The molecule has 0 amide bonds. The van der Waals surface area contributed by atoms with Crippen molar-refractivity contribution in [2.75, 3.05) is 0 Å². The third-order valence-electron chi connectivity index (χ3n) is 3.82. The van der Waals surface area contributed by atoms with Crippen molar-refractivity contribution in [2.45, 2.75) is 6.61 Å². The number of pyridine rings is 2. The van der Waals surface area contributed by atoms with Crippen molar-refractivity contribution in [3.8, 4) is 11.6 Å². The van der Waals surface area contributed by atoms with Gasteiger partial charge in [-0.1, -0.05) is 0 Å². The summed E-state index contributed by atoms with van der Waals surface area (Å²) in [6.45, 7) is -0.248. The van der Waals surface area contributed by atoms with E-state index >= 15 is 0 Å². The van der Waals surface area contributed by atoms with Crippen molar-refractivity contribution in [2.24, 2.45) is 14.1 Å². The van der Waals surface area contributed by atoms with Crippen molar-refractivity contribution < 1.29 is 14.3 Å². The molecule has 138 valence electrons. The Morgan fingerprint density at radius 3 is 2.63 bits per heavy atom. The Labute approximate surface area is 153 Å². The molecular weight excluding hydrogens is 352 g/mol. The number of hydrogen-bond acceptors (Lipinski definition) is 7. The van der Waals surface area contributed by atoms with Gasteiger partial charge < -0.3 is 9.47 Å². The Bertz CT molecular complexity index is 1090. The Hall–Kier alpha value is -3.75. The molecule has 0 saturated carbocycles. The molecular formula is C18H16N4O5. The number of nitrogens with zero attached hydrogens (tertiary/aromatic N) is 4. The molecule has 3 aromatic heterocycles. The lowest BCUT2D eigenvalue weighted by Gasteiger charge is -2.11. The number of esters is 1. The number of carbonyl (C=O) groups excluding carboxylic acids is 1. The first-order valence-corrected chi connectivity index (χ1v) is 7.93. The molecule has 0 aliphatic rings. The molecule has 0 aliphatic carbocycles. The zero-order valence-corrected chi connectivity index (χ0v) is 14.7. The van der Waals surface area contributed by atoms with Crippen molar-refractivity contribution in [3.05, 3.63) is 81.0 Å². The zero-order chi connectivity index (χ0) is 19.4. The molecule has 0 spiro atoms. The molecule has 9 heteroatoms. The van der Waals surface area contributed by atoms with Crippen LogP contribution in [0.25, 0.3) is 0 Å². The molecule has 3 aromatic rings.